The predicted octanol–water partition coefficient (Wildman–Crippen LogP) is 3.41. The first kappa shape index (κ1) is 17.3. The van der Waals surface area contributed by atoms with E-state index in [1.807, 2.05) is 29.9 Å². The lowest BCUT2D eigenvalue weighted by Gasteiger charge is -2.33. The van der Waals surface area contributed by atoms with Crippen molar-refractivity contribution in [2.45, 2.75) is 58.0 Å². The zero-order valence-corrected chi connectivity index (χ0v) is 15.8. The van der Waals surface area contributed by atoms with Crippen LogP contribution in [0, 0.1) is 19.8 Å². The average molecular weight is 373 g/mol. The molecule has 2 aliphatic rings. The molecule has 2 aromatic heterocycles. The number of aliphatic carboxylic acids is 1. The third-order valence-electron chi connectivity index (χ3n) is 5.88. The maximum atomic E-state index is 13.4. The minimum atomic E-state index is -0.888. The van der Waals surface area contributed by atoms with E-state index in [1.165, 1.54) is 11.3 Å². The summed E-state index contributed by atoms with van der Waals surface area (Å²) >= 11 is 1.52. The Morgan fingerprint density at radius 2 is 2.04 bits per heavy atom. The van der Waals surface area contributed by atoms with E-state index in [-0.39, 0.29) is 11.9 Å². The van der Waals surface area contributed by atoms with Crippen LogP contribution in [-0.4, -0.2) is 43.5 Å². The van der Waals surface area contributed by atoms with E-state index in [1.54, 1.807) is 11.1 Å². The number of nitrogens with zero attached hydrogens (tertiary/aromatic N) is 3. The Hall–Kier alpha value is -2.15. The number of carboxylic acids is 1. The molecular weight excluding hydrogens is 350 g/mol. The SMILES string of the molecule is Cc1cc(C(=O)N2C(C(=O)O)CC3CCCCC32)c(C)n1-c1nccs1. The van der Waals surface area contributed by atoms with Gasteiger partial charge in [-0.05, 0) is 45.1 Å². The first-order chi connectivity index (χ1) is 12.5. The van der Waals surface area contributed by atoms with E-state index in [2.05, 4.69) is 4.98 Å². The maximum Gasteiger partial charge on any atom is 0.326 e. The molecular formula is C19H23N3O3S. The van der Waals surface area contributed by atoms with E-state index in [0.717, 1.165) is 42.2 Å². The van der Waals surface area contributed by atoms with Gasteiger partial charge in [0, 0.05) is 29.0 Å². The van der Waals surface area contributed by atoms with Gasteiger partial charge in [0.05, 0.1) is 5.56 Å². The molecule has 1 saturated heterocycles. The molecule has 1 amide bonds. The van der Waals surface area contributed by atoms with Crippen molar-refractivity contribution in [3.8, 4) is 5.13 Å². The number of amides is 1. The zero-order chi connectivity index (χ0) is 18.4. The Kier molecular flexibility index (Phi) is 4.34. The zero-order valence-electron chi connectivity index (χ0n) is 15.0. The lowest BCUT2D eigenvalue weighted by molar-refractivity contribution is -0.141. The molecule has 4 rings (SSSR count). The molecule has 1 saturated carbocycles. The van der Waals surface area contributed by atoms with Gasteiger partial charge in [0.2, 0.25) is 0 Å². The molecule has 6 nitrogen and oxygen atoms in total. The lowest BCUT2D eigenvalue weighted by atomic mass is 9.84. The second kappa shape index (κ2) is 6.54. The van der Waals surface area contributed by atoms with Crippen LogP contribution < -0.4 is 0 Å². The van der Waals surface area contributed by atoms with Crippen LogP contribution in [0.5, 0.6) is 0 Å². The van der Waals surface area contributed by atoms with E-state index in [0.29, 0.717) is 17.9 Å². The van der Waals surface area contributed by atoms with Gasteiger partial charge >= 0.3 is 5.97 Å². The van der Waals surface area contributed by atoms with Crippen LogP contribution in [0.3, 0.4) is 0 Å². The van der Waals surface area contributed by atoms with Crippen molar-refractivity contribution >= 4 is 23.2 Å². The standard InChI is InChI=1S/C19H23N3O3S/c1-11-9-14(12(2)21(11)19-20-7-8-26-19)17(23)22-15-6-4-3-5-13(15)10-16(22)18(24)25/h7-9,13,15-16H,3-6,10H2,1-2H3,(H,24,25). The van der Waals surface area contributed by atoms with Crippen LogP contribution in [0.15, 0.2) is 17.6 Å². The number of likely N-dealkylation sites (tertiary alicyclic amines) is 1. The molecule has 3 unspecified atom stereocenters. The number of carboxylic acid groups (broad SMARTS) is 1. The van der Waals surface area contributed by atoms with Crippen molar-refractivity contribution in [1.82, 2.24) is 14.5 Å². The van der Waals surface area contributed by atoms with Gasteiger partial charge in [-0.1, -0.05) is 12.8 Å². The number of fused-ring (bicyclic) bond motifs is 1. The molecule has 26 heavy (non-hydrogen) atoms. The Bertz CT molecular complexity index is 843. The van der Waals surface area contributed by atoms with Gasteiger partial charge < -0.3 is 10.0 Å². The third-order valence-corrected chi connectivity index (χ3v) is 6.64. The van der Waals surface area contributed by atoms with Crippen LogP contribution in [0.2, 0.25) is 0 Å². The maximum absolute atomic E-state index is 13.4. The molecule has 0 bridgehead atoms. The van der Waals surface area contributed by atoms with Gasteiger partial charge in [-0.25, -0.2) is 9.78 Å². The largest absolute Gasteiger partial charge is 0.480 e. The first-order valence-corrected chi connectivity index (χ1v) is 10.0. The summed E-state index contributed by atoms with van der Waals surface area (Å²) in [4.78, 5) is 31.2. The highest BCUT2D eigenvalue weighted by molar-refractivity contribution is 7.12. The van der Waals surface area contributed by atoms with Gasteiger partial charge in [-0.2, -0.15) is 0 Å². The average Bonchev–Trinajstić information content (AvgIpc) is 3.31. The number of thiazole rings is 1. The van der Waals surface area contributed by atoms with Gasteiger partial charge in [-0.3, -0.25) is 9.36 Å². The quantitative estimate of drug-likeness (QED) is 0.895. The molecule has 3 atom stereocenters. The number of hydrogen-bond donors (Lipinski definition) is 1. The number of rotatable bonds is 3. The second-order valence-electron chi connectivity index (χ2n) is 7.35. The summed E-state index contributed by atoms with van der Waals surface area (Å²) in [6.07, 6.45) is 6.45. The van der Waals surface area contributed by atoms with Crippen molar-refractivity contribution in [2.24, 2.45) is 5.92 Å². The first-order valence-electron chi connectivity index (χ1n) is 9.13. The minimum Gasteiger partial charge on any atom is -0.480 e. The highest BCUT2D eigenvalue weighted by Crippen LogP contribution is 2.41. The number of carbonyl (C=O) groups excluding carboxylic acids is 1. The summed E-state index contributed by atoms with van der Waals surface area (Å²) in [5.41, 5.74) is 2.35. The fourth-order valence-corrected chi connectivity index (χ4v) is 5.46. The normalized spacial score (nSPS) is 25.3. The number of aryl methyl sites for hydroxylation is 1. The summed E-state index contributed by atoms with van der Waals surface area (Å²) in [5.74, 6) is -0.722. The topological polar surface area (TPSA) is 75.4 Å². The molecule has 1 N–H and O–H groups in total. The molecule has 1 aliphatic carbocycles. The van der Waals surface area contributed by atoms with Gasteiger partial charge in [0.25, 0.3) is 5.91 Å². The Balaban J connectivity index is 1.72. The fraction of sp³-hybridized carbons (Fsp3) is 0.526. The third kappa shape index (κ3) is 2.65. The monoisotopic (exact) mass is 373 g/mol. The van der Waals surface area contributed by atoms with Crippen LogP contribution >= 0.6 is 11.3 Å². The van der Waals surface area contributed by atoms with Crippen LogP contribution in [-0.2, 0) is 4.79 Å². The van der Waals surface area contributed by atoms with Gasteiger partial charge in [0.1, 0.15) is 6.04 Å². The molecule has 0 spiro atoms. The van der Waals surface area contributed by atoms with Crippen molar-refractivity contribution in [3.05, 3.63) is 34.6 Å². The summed E-state index contributed by atoms with van der Waals surface area (Å²) < 4.78 is 1.97. The van der Waals surface area contributed by atoms with Crippen LogP contribution in [0.1, 0.15) is 53.8 Å². The lowest BCUT2D eigenvalue weighted by Crippen LogP contribution is -2.46. The Morgan fingerprint density at radius 1 is 1.27 bits per heavy atom. The van der Waals surface area contributed by atoms with Crippen molar-refractivity contribution in [3.63, 3.8) is 0 Å². The van der Waals surface area contributed by atoms with Gasteiger partial charge in [-0.15, -0.1) is 11.3 Å². The van der Waals surface area contributed by atoms with Crippen molar-refractivity contribution < 1.29 is 14.7 Å². The second-order valence-corrected chi connectivity index (χ2v) is 8.22. The highest BCUT2D eigenvalue weighted by atomic mass is 32.1. The van der Waals surface area contributed by atoms with E-state index in [4.69, 9.17) is 0 Å². The smallest absolute Gasteiger partial charge is 0.326 e. The summed E-state index contributed by atoms with van der Waals surface area (Å²) in [5, 5.41) is 12.4. The number of aromatic nitrogens is 2. The molecule has 138 valence electrons. The fourth-order valence-electron chi connectivity index (χ4n) is 4.71. The number of carbonyl (C=O) groups is 2. The summed E-state index contributed by atoms with van der Waals surface area (Å²) in [6, 6.07) is 1.22. The Morgan fingerprint density at radius 3 is 2.73 bits per heavy atom. The molecule has 1 aliphatic heterocycles. The summed E-state index contributed by atoms with van der Waals surface area (Å²) in [6.45, 7) is 3.86. The molecule has 3 heterocycles. The van der Waals surface area contributed by atoms with Gasteiger partial charge in [0.15, 0.2) is 5.13 Å². The van der Waals surface area contributed by atoms with Crippen LogP contribution in [0.4, 0.5) is 0 Å². The van der Waals surface area contributed by atoms with Crippen molar-refractivity contribution in [2.75, 3.05) is 0 Å². The molecule has 7 heteroatoms. The van der Waals surface area contributed by atoms with E-state index >= 15 is 0 Å². The predicted molar refractivity (Wildman–Crippen MR) is 98.9 cm³/mol. The van der Waals surface area contributed by atoms with E-state index < -0.39 is 12.0 Å². The summed E-state index contributed by atoms with van der Waals surface area (Å²) in [7, 11) is 0. The molecule has 0 radical (unpaired) electrons. The van der Waals surface area contributed by atoms with E-state index in [9.17, 15) is 14.7 Å². The molecule has 0 aromatic carbocycles. The van der Waals surface area contributed by atoms with Crippen molar-refractivity contribution in [1.29, 1.82) is 0 Å². The molecule has 2 fully saturated rings. The number of hydrogen-bond acceptors (Lipinski definition) is 4. The minimum absolute atomic E-state index is 0.0558. The van der Waals surface area contributed by atoms with Crippen LogP contribution in [0.25, 0.3) is 5.13 Å². The Labute approximate surface area is 156 Å². The molecule has 2 aromatic rings. The highest BCUT2D eigenvalue weighted by Gasteiger charge is 2.48.